The standard InChI is InChI=1S/C30H41NO8Si/c1-10-20(27(34)39-40(17(3)4,18(5)6)19(7)8)16-23-24(28(35)38-11-2)30(23,29(36)37-9)31-25(32)21-14-12-13-15-22(21)26(31)33/h12-19,23-24H,10-11H2,1-9H3/b20-16-/t23-,24+,30+/m0/s1. The van der Waals surface area contributed by atoms with Crippen molar-refractivity contribution in [3.63, 3.8) is 0 Å². The third-order valence-electron chi connectivity index (χ3n) is 8.45. The minimum atomic E-state index is -2.60. The number of ether oxygens (including phenoxy) is 2. The summed E-state index contributed by atoms with van der Waals surface area (Å²) in [5.41, 5.74) is -1.02. The number of hydrogen-bond acceptors (Lipinski definition) is 8. The lowest BCUT2D eigenvalue weighted by molar-refractivity contribution is -0.153. The Morgan fingerprint density at radius 2 is 1.45 bits per heavy atom. The van der Waals surface area contributed by atoms with Gasteiger partial charge in [0.2, 0.25) is 0 Å². The summed E-state index contributed by atoms with van der Waals surface area (Å²) in [6, 6.07) is 6.22. The van der Waals surface area contributed by atoms with Crippen molar-refractivity contribution in [3.8, 4) is 0 Å². The van der Waals surface area contributed by atoms with Crippen LogP contribution >= 0.6 is 0 Å². The molecule has 1 saturated carbocycles. The first kappa shape index (κ1) is 31.3. The Balaban J connectivity index is 2.15. The highest BCUT2D eigenvalue weighted by atomic mass is 28.4. The zero-order chi connectivity index (χ0) is 30.2. The Hall–Kier alpha value is -3.27. The van der Waals surface area contributed by atoms with Crippen LogP contribution in [-0.4, -0.2) is 62.2 Å². The van der Waals surface area contributed by atoms with Crippen LogP contribution < -0.4 is 0 Å². The first-order chi connectivity index (χ1) is 18.8. The van der Waals surface area contributed by atoms with Crippen molar-refractivity contribution in [2.75, 3.05) is 13.7 Å². The Morgan fingerprint density at radius 1 is 0.950 bits per heavy atom. The van der Waals surface area contributed by atoms with E-state index in [-0.39, 0.29) is 46.4 Å². The predicted molar refractivity (Wildman–Crippen MR) is 151 cm³/mol. The summed E-state index contributed by atoms with van der Waals surface area (Å²) >= 11 is 0. The van der Waals surface area contributed by atoms with Crippen molar-refractivity contribution in [1.82, 2.24) is 4.90 Å². The van der Waals surface area contributed by atoms with Gasteiger partial charge in [0, 0.05) is 11.5 Å². The minimum Gasteiger partial charge on any atom is -0.515 e. The lowest BCUT2D eigenvalue weighted by Gasteiger charge is -2.41. The van der Waals surface area contributed by atoms with E-state index in [9.17, 15) is 24.0 Å². The second-order valence-corrected chi connectivity index (χ2v) is 16.7. The summed E-state index contributed by atoms with van der Waals surface area (Å²) in [4.78, 5) is 68.3. The van der Waals surface area contributed by atoms with E-state index in [0.29, 0.717) is 0 Å². The van der Waals surface area contributed by atoms with Gasteiger partial charge >= 0.3 is 17.9 Å². The number of rotatable bonds is 11. The molecular formula is C30H41NO8Si. The minimum absolute atomic E-state index is 0.0269. The molecular weight excluding hydrogens is 530 g/mol. The molecule has 0 unspecified atom stereocenters. The molecule has 1 aliphatic carbocycles. The summed E-state index contributed by atoms with van der Waals surface area (Å²) in [5.74, 6) is -5.88. The quantitative estimate of drug-likeness (QED) is 0.157. The largest absolute Gasteiger partial charge is 0.515 e. The summed E-state index contributed by atoms with van der Waals surface area (Å²) in [5, 5.41) is 0. The fourth-order valence-corrected chi connectivity index (χ4v) is 11.8. The number of methoxy groups -OCH3 is 1. The summed E-state index contributed by atoms with van der Waals surface area (Å²) in [6.45, 7) is 15.8. The Morgan fingerprint density at radius 3 is 1.85 bits per heavy atom. The zero-order valence-corrected chi connectivity index (χ0v) is 25.9. The lowest BCUT2D eigenvalue weighted by Crippen LogP contribution is -2.51. The monoisotopic (exact) mass is 571 g/mol. The van der Waals surface area contributed by atoms with Crippen LogP contribution in [0.4, 0.5) is 0 Å². The number of amides is 2. The molecule has 0 aromatic heterocycles. The maximum atomic E-state index is 13.7. The molecule has 0 spiro atoms. The van der Waals surface area contributed by atoms with Gasteiger partial charge in [0.05, 0.1) is 24.8 Å². The average Bonchev–Trinajstić information content (AvgIpc) is 3.49. The van der Waals surface area contributed by atoms with Crippen molar-refractivity contribution in [1.29, 1.82) is 0 Å². The van der Waals surface area contributed by atoms with Gasteiger partial charge in [0.25, 0.3) is 20.1 Å². The van der Waals surface area contributed by atoms with Gasteiger partial charge in [0.15, 0.2) is 5.54 Å². The van der Waals surface area contributed by atoms with Crippen LogP contribution in [0.25, 0.3) is 0 Å². The summed E-state index contributed by atoms with van der Waals surface area (Å²) in [6.07, 6.45) is 1.76. The number of imide groups is 1. The third kappa shape index (κ3) is 4.69. The molecule has 2 amide bonds. The van der Waals surface area contributed by atoms with Crippen LogP contribution in [0.2, 0.25) is 16.6 Å². The molecule has 9 nitrogen and oxygen atoms in total. The number of nitrogens with zero attached hydrogens (tertiary/aromatic N) is 1. The highest BCUT2D eigenvalue weighted by Gasteiger charge is 2.80. The van der Waals surface area contributed by atoms with E-state index < -0.39 is 55.4 Å². The number of carbonyl (C=O) groups excluding carboxylic acids is 5. The van der Waals surface area contributed by atoms with Crippen LogP contribution in [0.15, 0.2) is 35.9 Å². The van der Waals surface area contributed by atoms with Crippen molar-refractivity contribution in [3.05, 3.63) is 47.0 Å². The first-order valence-electron chi connectivity index (χ1n) is 14.0. The molecule has 3 atom stereocenters. The molecule has 218 valence electrons. The fraction of sp³-hybridized carbons (Fsp3) is 0.567. The van der Waals surface area contributed by atoms with E-state index in [1.165, 1.54) is 18.2 Å². The lowest BCUT2D eigenvalue weighted by atomic mass is 10.1. The van der Waals surface area contributed by atoms with Gasteiger partial charge in [-0.25, -0.2) is 9.59 Å². The molecule has 40 heavy (non-hydrogen) atoms. The number of esters is 2. The van der Waals surface area contributed by atoms with Gasteiger partial charge in [-0.05, 0) is 42.1 Å². The van der Waals surface area contributed by atoms with E-state index in [0.717, 1.165) is 12.0 Å². The molecule has 0 N–H and O–H groups in total. The predicted octanol–water partition coefficient (Wildman–Crippen LogP) is 5.06. The maximum absolute atomic E-state index is 13.7. The van der Waals surface area contributed by atoms with Crippen LogP contribution in [0.3, 0.4) is 0 Å². The number of hydrogen-bond donors (Lipinski definition) is 0. The van der Waals surface area contributed by atoms with E-state index in [1.54, 1.807) is 26.0 Å². The molecule has 1 aromatic carbocycles. The van der Waals surface area contributed by atoms with Gasteiger partial charge in [-0.1, -0.05) is 66.7 Å². The topological polar surface area (TPSA) is 116 Å². The molecule has 10 heteroatoms. The van der Waals surface area contributed by atoms with E-state index in [4.69, 9.17) is 13.9 Å². The molecule has 3 rings (SSSR count). The van der Waals surface area contributed by atoms with E-state index in [1.807, 2.05) is 0 Å². The molecule has 1 aromatic rings. The molecule has 1 heterocycles. The van der Waals surface area contributed by atoms with Crippen LogP contribution in [0.1, 0.15) is 82.5 Å². The summed E-state index contributed by atoms with van der Waals surface area (Å²) in [7, 11) is -1.47. The van der Waals surface area contributed by atoms with Gasteiger partial charge in [-0.15, -0.1) is 0 Å². The zero-order valence-electron chi connectivity index (χ0n) is 24.9. The highest BCUT2D eigenvalue weighted by Crippen LogP contribution is 2.59. The molecule has 0 radical (unpaired) electrons. The van der Waals surface area contributed by atoms with Crippen LogP contribution in [0, 0.1) is 11.8 Å². The SMILES string of the molecule is CCOC(=O)[C@H]1[C@H](/C=C(/CC)C(=O)O[Si](C(C)C)(C(C)C)C(C)C)[C@@]1(C(=O)OC)N1C(=O)c2ccccc2C1=O. The number of benzene rings is 1. The molecule has 0 saturated heterocycles. The molecule has 2 aliphatic rings. The van der Waals surface area contributed by atoms with Gasteiger partial charge in [-0.2, -0.15) is 0 Å². The second kappa shape index (κ2) is 11.7. The van der Waals surface area contributed by atoms with Crippen molar-refractivity contribution in [2.24, 2.45) is 11.8 Å². The smallest absolute Gasteiger partial charge is 0.333 e. The van der Waals surface area contributed by atoms with Gasteiger partial charge in [0.1, 0.15) is 5.92 Å². The summed E-state index contributed by atoms with van der Waals surface area (Å²) < 4.78 is 16.7. The van der Waals surface area contributed by atoms with E-state index >= 15 is 0 Å². The Labute approximate surface area is 237 Å². The van der Waals surface area contributed by atoms with Crippen LogP contribution in [-0.2, 0) is 28.3 Å². The van der Waals surface area contributed by atoms with Crippen molar-refractivity contribution < 1.29 is 37.9 Å². The van der Waals surface area contributed by atoms with E-state index in [2.05, 4.69) is 41.5 Å². The van der Waals surface area contributed by atoms with Crippen molar-refractivity contribution >= 4 is 38.0 Å². The highest BCUT2D eigenvalue weighted by molar-refractivity contribution is 6.79. The van der Waals surface area contributed by atoms with Gasteiger partial charge in [-0.3, -0.25) is 19.3 Å². The second-order valence-electron chi connectivity index (χ2n) is 11.3. The molecule has 1 fully saturated rings. The third-order valence-corrected chi connectivity index (χ3v) is 14.4. The Kier molecular flexibility index (Phi) is 9.13. The Bertz CT molecular complexity index is 1180. The number of carbonyl (C=O) groups is 5. The first-order valence-corrected chi connectivity index (χ1v) is 16.1. The fourth-order valence-electron chi connectivity index (χ4n) is 6.64. The maximum Gasteiger partial charge on any atom is 0.333 e. The van der Waals surface area contributed by atoms with Crippen molar-refractivity contribution in [2.45, 2.75) is 84.0 Å². The molecule has 1 aliphatic heterocycles. The molecule has 0 bridgehead atoms. The number of fused-ring (bicyclic) bond motifs is 1. The average molecular weight is 572 g/mol. The van der Waals surface area contributed by atoms with Crippen LogP contribution in [0.5, 0.6) is 0 Å². The van der Waals surface area contributed by atoms with Gasteiger partial charge < -0.3 is 13.9 Å². The normalized spacial score (nSPS) is 22.6.